The van der Waals surface area contributed by atoms with E-state index in [1.807, 2.05) is 6.92 Å². The van der Waals surface area contributed by atoms with Crippen LogP contribution in [0.4, 0.5) is 0 Å². The molecule has 0 aliphatic rings. The van der Waals surface area contributed by atoms with Gasteiger partial charge in [-0.05, 0) is 6.42 Å². The number of aliphatic carboxylic acids is 3. The minimum Gasteiger partial charge on any atom is -0.481 e. The molecule has 14 heavy (non-hydrogen) atoms. The van der Waals surface area contributed by atoms with Crippen molar-refractivity contribution in [3.8, 4) is 0 Å². The van der Waals surface area contributed by atoms with Crippen LogP contribution >= 0.6 is 0 Å². The molecular formula is C8H16O6. The molecule has 0 aromatic heterocycles. The summed E-state index contributed by atoms with van der Waals surface area (Å²) in [7, 11) is 0. The molecule has 84 valence electrons. The van der Waals surface area contributed by atoms with Crippen LogP contribution in [0, 0.1) is 0 Å². The SMILES string of the molecule is CC(=O)O.CC(=O)O.CCCC(=O)O. The highest BCUT2D eigenvalue weighted by Crippen LogP contribution is 1.82. The number of hydrogen-bond acceptors (Lipinski definition) is 3. The molecule has 6 nitrogen and oxygen atoms in total. The third kappa shape index (κ3) is 464. The quantitative estimate of drug-likeness (QED) is 0.625. The van der Waals surface area contributed by atoms with Crippen LogP contribution in [-0.2, 0) is 14.4 Å². The normalized spacial score (nSPS) is 7.07. The molecule has 0 heterocycles. The maximum absolute atomic E-state index is 9.60. The van der Waals surface area contributed by atoms with Gasteiger partial charge in [0.2, 0.25) is 0 Å². The van der Waals surface area contributed by atoms with Crippen molar-refractivity contribution in [2.24, 2.45) is 0 Å². The first-order chi connectivity index (χ1) is 6.23. The molecule has 0 fully saturated rings. The molecule has 0 rings (SSSR count). The summed E-state index contributed by atoms with van der Waals surface area (Å²) in [6, 6.07) is 0. The zero-order chi connectivity index (χ0) is 12.1. The Morgan fingerprint density at radius 2 is 1.14 bits per heavy atom. The molecule has 0 aliphatic heterocycles. The third-order valence-electron chi connectivity index (χ3n) is 0.464. The fourth-order valence-electron chi connectivity index (χ4n) is 0.214. The van der Waals surface area contributed by atoms with E-state index in [4.69, 9.17) is 24.9 Å². The lowest BCUT2D eigenvalue weighted by Gasteiger charge is -1.79. The highest BCUT2D eigenvalue weighted by molar-refractivity contribution is 5.66. The van der Waals surface area contributed by atoms with Crippen LogP contribution in [-0.4, -0.2) is 33.2 Å². The van der Waals surface area contributed by atoms with Gasteiger partial charge in [-0.3, -0.25) is 14.4 Å². The summed E-state index contributed by atoms with van der Waals surface area (Å²) in [5.41, 5.74) is 0. The minimum absolute atomic E-state index is 0.292. The summed E-state index contributed by atoms with van der Waals surface area (Å²) in [4.78, 5) is 27.6. The van der Waals surface area contributed by atoms with Crippen LogP contribution in [0.5, 0.6) is 0 Å². The van der Waals surface area contributed by atoms with E-state index < -0.39 is 17.9 Å². The van der Waals surface area contributed by atoms with Crippen molar-refractivity contribution < 1.29 is 29.7 Å². The van der Waals surface area contributed by atoms with E-state index in [-0.39, 0.29) is 0 Å². The summed E-state index contributed by atoms with van der Waals surface area (Å²) in [6.45, 7) is 4.01. The Labute approximate surface area is 82.2 Å². The van der Waals surface area contributed by atoms with Crippen molar-refractivity contribution in [1.29, 1.82) is 0 Å². The zero-order valence-corrected chi connectivity index (χ0v) is 8.48. The standard InChI is InChI=1S/C4H8O2.2C2H4O2/c1-2-3-4(5)6;2*1-2(3)4/h2-3H2,1H3,(H,5,6);2*1H3,(H,3,4). The number of carbonyl (C=O) groups is 3. The van der Waals surface area contributed by atoms with Crippen LogP contribution in [0.2, 0.25) is 0 Å². The lowest BCUT2D eigenvalue weighted by Crippen LogP contribution is -1.90. The maximum atomic E-state index is 9.60. The van der Waals surface area contributed by atoms with Crippen molar-refractivity contribution in [3.05, 3.63) is 0 Å². The number of carboxylic acids is 3. The second kappa shape index (κ2) is 14.0. The van der Waals surface area contributed by atoms with Gasteiger partial charge in [0.1, 0.15) is 0 Å². The molecule has 0 atom stereocenters. The Morgan fingerprint density at radius 1 is 0.929 bits per heavy atom. The van der Waals surface area contributed by atoms with Gasteiger partial charge in [-0.2, -0.15) is 0 Å². The first kappa shape index (κ1) is 18.2. The average molecular weight is 208 g/mol. The topological polar surface area (TPSA) is 112 Å². The van der Waals surface area contributed by atoms with E-state index in [2.05, 4.69) is 0 Å². The van der Waals surface area contributed by atoms with Crippen LogP contribution in [0.25, 0.3) is 0 Å². The molecule has 0 unspecified atom stereocenters. The molecular weight excluding hydrogens is 192 g/mol. The van der Waals surface area contributed by atoms with E-state index in [1.165, 1.54) is 0 Å². The van der Waals surface area contributed by atoms with Crippen LogP contribution < -0.4 is 0 Å². The zero-order valence-electron chi connectivity index (χ0n) is 8.48. The van der Waals surface area contributed by atoms with Crippen molar-refractivity contribution in [1.82, 2.24) is 0 Å². The van der Waals surface area contributed by atoms with Gasteiger partial charge in [-0.1, -0.05) is 6.92 Å². The van der Waals surface area contributed by atoms with Crippen LogP contribution in [0.3, 0.4) is 0 Å². The van der Waals surface area contributed by atoms with Gasteiger partial charge >= 0.3 is 5.97 Å². The van der Waals surface area contributed by atoms with Crippen molar-refractivity contribution in [2.45, 2.75) is 33.6 Å². The third-order valence-corrected chi connectivity index (χ3v) is 0.464. The Hall–Kier alpha value is -1.59. The number of carboxylic acid groups (broad SMARTS) is 3. The molecule has 0 saturated carbocycles. The molecule has 0 radical (unpaired) electrons. The lowest BCUT2D eigenvalue weighted by molar-refractivity contribution is -0.137. The average Bonchev–Trinajstić information content (AvgIpc) is 1.82. The number of hydrogen-bond donors (Lipinski definition) is 3. The van der Waals surface area contributed by atoms with Gasteiger partial charge in [0.15, 0.2) is 0 Å². The smallest absolute Gasteiger partial charge is 0.303 e. The molecule has 0 aromatic rings. The summed E-state index contributed by atoms with van der Waals surface area (Å²) < 4.78 is 0. The second-order valence-electron chi connectivity index (χ2n) is 2.18. The summed E-state index contributed by atoms with van der Waals surface area (Å²) in [5, 5.41) is 22.7. The van der Waals surface area contributed by atoms with Gasteiger partial charge in [0.05, 0.1) is 0 Å². The van der Waals surface area contributed by atoms with E-state index in [9.17, 15) is 4.79 Å². The van der Waals surface area contributed by atoms with Crippen LogP contribution in [0.1, 0.15) is 33.6 Å². The Morgan fingerprint density at radius 3 is 1.14 bits per heavy atom. The Balaban J connectivity index is -0.000000135. The summed E-state index contributed by atoms with van der Waals surface area (Å²) in [5.74, 6) is -2.38. The Kier molecular flexibility index (Phi) is 18.2. The van der Waals surface area contributed by atoms with Crippen LogP contribution in [0.15, 0.2) is 0 Å². The minimum atomic E-state index is -0.833. The summed E-state index contributed by atoms with van der Waals surface area (Å²) in [6.07, 6.45) is 1.02. The fourth-order valence-corrected chi connectivity index (χ4v) is 0.214. The first-order valence-corrected chi connectivity index (χ1v) is 3.84. The highest BCUT2D eigenvalue weighted by Gasteiger charge is 1.87. The molecule has 3 N–H and O–H groups in total. The predicted octanol–water partition coefficient (Wildman–Crippen LogP) is 1.05. The first-order valence-electron chi connectivity index (χ1n) is 3.84. The summed E-state index contributed by atoms with van der Waals surface area (Å²) >= 11 is 0. The van der Waals surface area contributed by atoms with E-state index >= 15 is 0 Å². The monoisotopic (exact) mass is 208 g/mol. The van der Waals surface area contributed by atoms with Crippen molar-refractivity contribution in [2.75, 3.05) is 0 Å². The van der Waals surface area contributed by atoms with Crippen molar-refractivity contribution in [3.63, 3.8) is 0 Å². The van der Waals surface area contributed by atoms with E-state index in [0.29, 0.717) is 6.42 Å². The second-order valence-corrected chi connectivity index (χ2v) is 2.18. The molecule has 0 aliphatic carbocycles. The maximum Gasteiger partial charge on any atom is 0.303 e. The largest absolute Gasteiger partial charge is 0.481 e. The van der Waals surface area contributed by atoms with Gasteiger partial charge in [0, 0.05) is 20.3 Å². The van der Waals surface area contributed by atoms with Gasteiger partial charge in [0.25, 0.3) is 11.9 Å². The molecule has 0 aromatic carbocycles. The van der Waals surface area contributed by atoms with Gasteiger partial charge in [-0.15, -0.1) is 0 Å². The fraction of sp³-hybridized carbons (Fsp3) is 0.625. The van der Waals surface area contributed by atoms with E-state index in [1.54, 1.807) is 0 Å². The molecule has 6 heteroatoms. The molecule has 0 saturated heterocycles. The molecule has 0 amide bonds. The molecule has 0 spiro atoms. The van der Waals surface area contributed by atoms with Gasteiger partial charge in [-0.25, -0.2) is 0 Å². The number of rotatable bonds is 2. The highest BCUT2D eigenvalue weighted by atomic mass is 16.4. The predicted molar refractivity (Wildman–Crippen MR) is 49.2 cm³/mol. The Bertz CT molecular complexity index is 155. The lowest BCUT2D eigenvalue weighted by atomic mass is 10.4. The van der Waals surface area contributed by atoms with Crippen molar-refractivity contribution >= 4 is 17.9 Å². The molecule has 0 bridgehead atoms. The van der Waals surface area contributed by atoms with E-state index in [0.717, 1.165) is 20.3 Å². The van der Waals surface area contributed by atoms with Gasteiger partial charge < -0.3 is 15.3 Å².